The predicted molar refractivity (Wildman–Crippen MR) is 103 cm³/mol. The minimum atomic E-state index is -0.514. The second-order valence-electron chi connectivity index (χ2n) is 6.55. The van der Waals surface area contributed by atoms with E-state index in [0.29, 0.717) is 11.4 Å². The van der Waals surface area contributed by atoms with Crippen molar-refractivity contribution in [2.24, 2.45) is 5.73 Å². The third-order valence-corrected chi connectivity index (χ3v) is 5.34. The lowest BCUT2D eigenvalue weighted by Gasteiger charge is -2.24. The summed E-state index contributed by atoms with van der Waals surface area (Å²) in [5.41, 5.74) is 7.33. The predicted octanol–water partition coefficient (Wildman–Crippen LogP) is 2.79. The van der Waals surface area contributed by atoms with E-state index in [0.717, 1.165) is 21.5 Å². The Kier molecular flexibility index (Phi) is 5.08. The molecule has 0 aliphatic heterocycles. The Morgan fingerprint density at radius 1 is 1.27 bits per heavy atom. The molecule has 0 aliphatic carbocycles. The van der Waals surface area contributed by atoms with Gasteiger partial charge in [0.2, 0.25) is 5.91 Å². The van der Waals surface area contributed by atoms with Crippen LogP contribution in [0.15, 0.2) is 36.4 Å². The third kappa shape index (κ3) is 3.62. The van der Waals surface area contributed by atoms with Gasteiger partial charge in [0.1, 0.15) is 4.83 Å². The van der Waals surface area contributed by atoms with Crippen LogP contribution in [0, 0.1) is 6.92 Å². The zero-order chi connectivity index (χ0) is 18.8. The zero-order valence-electron chi connectivity index (χ0n) is 15.1. The van der Waals surface area contributed by atoms with Gasteiger partial charge in [-0.2, -0.15) is 5.10 Å². The summed E-state index contributed by atoms with van der Waals surface area (Å²) in [7, 11) is 0. The Balaban J connectivity index is 1.95. The normalized spacial score (nSPS) is 11.2. The molecule has 0 spiro atoms. The molecular formula is C19H22N4O2S. The Morgan fingerprint density at radius 3 is 2.58 bits per heavy atom. The van der Waals surface area contributed by atoms with Gasteiger partial charge in [0.15, 0.2) is 0 Å². The van der Waals surface area contributed by atoms with Crippen LogP contribution in [-0.2, 0) is 11.3 Å². The number of benzene rings is 1. The molecule has 136 valence electrons. The van der Waals surface area contributed by atoms with Crippen LogP contribution in [-0.4, -0.2) is 39.1 Å². The van der Waals surface area contributed by atoms with Crippen molar-refractivity contribution in [2.75, 3.05) is 6.54 Å². The van der Waals surface area contributed by atoms with Gasteiger partial charge in [0.25, 0.3) is 5.91 Å². The number of primary amides is 1. The van der Waals surface area contributed by atoms with Gasteiger partial charge in [0, 0.05) is 11.4 Å². The quantitative estimate of drug-likeness (QED) is 0.724. The van der Waals surface area contributed by atoms with E-state index in [4.69, 9.17) is 5.73 Å². The lowest BCUT2D eigenvalue weighted by Crippen LogP contribution is -2.42. The Hall–Kier alpha value is -2.67. The maximum absolute atomic E-state index is 12.9. The first kappa shape index (κ1) is 18.1. The van der Waals surface area contributed by atoms with Crippen LogP contribution in [0.25, 0.3) is 10.2 Å². The van der Waals surface area contributed by atoms with Crippen molar-refractivity contribution < 1.29 is 9.59 Å². The summed E-state index contributed by atoms with van der Waals surface area (Å²) >= 11 is 1.40. The van der Waals surface area contributed by atoms with E-state index in [1.54, 1.807) is 0 Å². The van der Waals surface area contributed by atoms with E-state index in [9.17, 15) is 9.59 Å². The van der Waals surface area contributed by atoms with E-state index in [1.807, 2.05) is 49.7 Å². The number of nitrogens with two attached hydrogens (primary N) is 1. The number of aromatic nitrogens is 2. The highest BCUT2D eigenvalue weighted by Crippen LogP contribution is 2.30. The van der Waals surface area contributed by atoms with Gasteiger partial charge in [0.05, 0.1) is 23.7 Å². The van der Waals surface area contributed by atoms with Gasteiger partial charge in [-0.1, -0.05) is 30.3 Å². The number of aryl methyl sites for hydroxylation is 1. The van der Waals surface area contributed by atoms with Crippen molar-refractivity contribution in [1.82, 2.24) is 14.7 Å². The van der Waals surface area contributed by atoms with E-state index in [2.05, 4.69) is 17.2 Å². The van der Waals surface area contributed by atoms with Crippen LogP contribution in [0.3, 0.4) is 0 Å². The molecule has 2 N–H and O–H groups in total. The first-order valence-corrected chi connectivity index (χ1v) is 9.28. The largest absolute Gasteiger partial charge is 0.368 e. The lowest BCUT2D eigenvalue weighted by atomic mass is 10.2. The molecule has 0 radical (unpaired) electrons. The molecule has 0 unspecified atom stereocenters. The van der Waals surface area contributed by atoms with Crippen molar-refractivity contribution in [3.8, 4) is 0 Å². The van der Waals surface area contributed by atoms with Crippen molar-refractivity contribution in [1.29, 1.82) is 0 Å². The molecule has 1 aromatic carbocycles. The topological polar surface area (TPSA) is 81.2 Å². The molecule has 26 heavy (non-hydrogen) atoms. The summed E-state index contributed by atoms with van der Waals surface area (Å²) in [6.45, 7) is 6.25. The maximum Gasteiger partial charge on any atom is 0.264 e. The molecule has 0 fully saturated rings. The summed E-state index contributed by atoms with van der Waals surface area (Å²) in [5.74, 6) is -0.690. The fourth-order valence-corrected chi connectivity index (χ4v) is 4.00. The molecule has 2 heterocycles. The maximum atomic E-state index is 12.9. The minimum absolute atomic E-state index is 0.0835. The highest BCUT2D eigenvalue weighted by Gasteiger charge is 2.24. The molecule has 3 aromatic rings. The lowest BCUT2D eigenvalue weighted by molar-refractivity contribution is -0.119. The molecular weight excluding hydrogens is 348 g/mol. The number of hydrogen-bond donors (Lipinski definition) is 1. The monoisotopic (exact) mass is 370 g/mol. The summed E-state index contributed by atoms with van der Waals surface area (Å²) in [6.07, 6.45) is 0. The van der Waals surface area contributed by atoms with E-state index in [-0.39, 0.29) is 18.5 Å². The van der Waals surface area contributed by atoms with Crippen molar-refractivity contribution in [3.63, 3.8) is 0 Å². The molecule has 0 aliphatic rings. The molecule has 7 heteroatoms. The van der Waals surface area contributed by atoms with Gasteiger partial charge in [-0.05, 0) is 32.4 Å². The Bertz CT molecular complexity index is 943. The van der Waals surface area contributed by atoms with Gasteiger partial charge < -0.3 is 10.6 Å². The first-order chi connectivity index (χ1) is 12.4. The summed E-state index contributed by atoms with van der Waals surface area (Å²) in [4.78, 5) is 27.2. The smallest absolute Gasteiger partial charge is 0.264 e. The molecule has 0 saturated heterocycles. The number of nitrogens with zero attached hydrogens (tertiary/aromatic N) is 3. The van der Waals surface area contributed by atoms with Gasteiger partial charge >= 0.3 is 0 Å². The summed E-state index contributed by atoms with van der Waals surface area (Å²) in [5, 5.41) is 5.57. The fourth-order valence-electron chi connectivity index (χ4n) is 2.88. The number of thiophene rings is 1. The molecule has 3 rings (SSSR count). The van der Waals surface area contributed by atoms with E-state index < -0.39 is 5.91 Å². The minimum Gasteiger partial charge on any atom is -0.368 e. The van der Waals surface area contributed by atoms with Crippen LogP contribution in [0.1, 0.15) is 34.8 Å². The average molecular weight is 370 g/mol. The number of carbonyl (C=O) groups is 2. The second-order valence-corrected chi connectivity index (χ2v) is 7.58. The summed E-state index contributed by atoms with van der Waals surface area (Å²) < 4.78 is 1.93. The van der Waals surface area contributed by atoms with Crippen molar-refractivity contribution >= 4 is 33.4 Å². The van der Waals surface area contributed by atoms with Crippen LogP contribution < -0.4 is 5.73 Å². The van der Waals surface area contributed by atoms with Crippen LogP contribution >= 0.6 is 11.3 Å². The highest BCUT2D eigenvalue weighted by atomic mass is 32.1. The summed E-state index contributed by atoms with van der Waals surface area (Å²) in [6, 6.07) is 11.8. The standard InChI is InChI=1S/C19H22N4O2S/c1-12(2)22(11-17(20)24)18(25)16-9-15-13(3)21-23(19(15)26-16)10-14-7-5-4-6-8-14/h4-9,12H,10-11H2,1-3H3,(H2,20,24). The van der Waals surface area contributed by atoms with E-state index in [1.165, 1.54) is 16.2 Å². The first-order valence-electron chi connectivity index (χ1n) is 8.47. The van der Waals surface area contributed by atoms with Crippen LogP contribution in [0.4, 0.5) is 0 Å². The molecule has 2 aromatic heterocycles. The Labute approximate surface area is 156 Å². The zero-order valence-corrected chi connectivity index (χ0v) is 15.9. The molecule has 0 atom stereocenters. The molecule has 0 saturated carbocycles. The average Bonchev–Trinajstić information content (AvgIpc) is 3.14. The van der Waals surface area contributed by atoms with E-state index >= 15 is 0 Å². The molecule has 0 bridgehead atoms. The van der Waals surface area contributed by atoms with Crippen molar-refractivity contribution in [2.45, 2.75) is 33.4 Å². The van der Waals surface area contributed by atoms with Crippen molar-refractivity contribution in [3.05, 3.63) is 52.5 Å². The number of carbonyl (C=O) groups excluding carboxylic acids is 2. The van der Waals surface area contributed by atoms with Crippen LogP contribution in [0.2, 0.25) is 0 Å². The number of rotatable bonds is 6. The molecule has 2 amide bonds. The van der Waals surface area contributed by atoms with Crippen LogP contribution in [0.5, 0.6) is 0 Å². The highest BCUT2D eigenvalue weighted by molar-refractivity contribution is 7.20. The second kappa shape index (κ2) is 7.29. The molecule has 6 nitrogen and oxygen atoms in total. The third-order valence-electron chi connectivity index (χ3n) is 4.20. The van der Waals surface area contributed by atoms with Gasteiger partial charge in [-0.15, -0.1) is 11.3 Å². The number of amides is 2. The van der Waals surface area contributed by atoms with Gasteiger partial charge in [-0.3, -0.25) is 14.3 Å². The Morgan fingerprint density at radius 2 is 1.96 bits per heavy atom. The SMILES string of the molecule is Cc1nn(Cc2ccccc2)c2sc(C(=O)N(CC(N)=O)C(C)C)cc12. The number of fused-ring (bicyclic) bond motifs is 1. The number of hydrogen-bond acceptors (Lipinski definition) is 4. The fraction of sp³-hybridized carbons (Fsp3) is 0.316. The van der Waals surface area contributed by atoms with Gasteiger partial charge in [-0.25, -0.2) is 0 Å².